The molecule has 0 spiro atoms. The van der Waals surface area contributed by atoms with Gasteiger partial charge in [-0.05, 0) is 63.3 Å². The molecule has 0 aliphatic carbocycles. The normalized spacial score (nSPS) is 18.7. The molecule has 1 saturated heterocycles. The minimum absolute atomic E-state index is 0.0337. The third-order valence-electron chi connectivity index (χ3n) is 4.28. The van der Waals surface area contributed by atoms with Crippen LogP contribution in [0.3, 0.4) is 0 Å². The van der Waals surface area contributed by atoms with Crippen molar-refractivity contribution in [1.29, 1.82) is 0 Å². The second kappa shape index (κ2) is 6.67. The van der Waals surface area contributed by atoms with E-state index in [1.807, 2.05) is 39.8 Å². The molecule has 5 heteroatoms. The molecule has 1 N–H and O–H groups in total. The van der Waals surface area contributed by atoms with Crippen LogP contribution in [0.2, 0.25) is 0 Å². The van der Waals surface area contributed by atoms with E-state index in [4.69, 9.17) is 9.47 Å². The van der Waals surface area contributed by atoms with Gasteiger partial charge < -0.3 is 14.8 Å². The Kier molecular flexibility index (Phi) is 4.60. The molecule has 2 atom stereocenters. The second-order valence-electron chi connectivity index (χ2n) is 6.66. The quantitative estimate of drug-likeness (QED) is 0.914. The van der Waals surface area contributed by atoms with Gasteiger partial charge in [-0.25, -0.2) is 4.98 Å². The predicted molar refractivity (Wildman–Crippen MR) is 93.5 cm³/mol. The smallest absolute Gasteiger partial charge is 0.221 e. The Morgan fingerprint density at radius 1 is 1.25 bits per heavy atom. The molecule has 128 valence electrons. The number of amides is 1. The number of benzene rings is 1. The molecule has 0 radical (unpaired) electrons. The van der Waals surface area contributed by atoms with Crippen molar-refractivity contribution in [3.63, 3.8) is 0 Å². The fourth-order valence-corrected chi connectivity index (χ4v) is 3.01. The Labute approximate surface area is 142 Å². The van der Waals surface area contributed by atoms with Crippen molar-refractivity contribution in [3.8, 4) is 11.6 Å². The Balaban J connectivity index is 1.91. The number of fused-ring (bicyclic) bond motifs is 1. The number of aromatic nitrogens is 1. The van der Waals surface area contributed by atoms with E-state index in [0.29, 0.717) is 12.3 Å². The summed E-state index contributed by atoms with van der Waals surface area (Å²) in [6, 6.07) is 6.08. The van der Waals surface area contributed by atoms with E-state index in [9.17, 15) is 4.79 Å². The Morgan fingerprint density at radius 2 is 2.04 bits per heavy atom. The van der Waals surface area contributed by atoms with Crippen LogP contribution >= 0.6 is 0 Å². The third kappa shape index (κ3) is 3.45. The third-order valence-corrected chi connectivity index (χ3v) is 4.28. The molecule has 3 rings (SSSR count). The van der Waals surface area contributed by atoms with E-state index in [0.717, 1.165) is 28.5 Å². The summed E-state index contributed by atoms with van der Waals surface area (Å²) in [6.45, 7) is 8.02. The maximum atomic E-state index is 11.4. The zero-order valence-corrected chi connectivity index (χ0v) is 14.6. The zero-order valence-electron chi connectivity index (χ0n) is 14.6. The van der Waals surface area contributed by atoms with Gasteiger partial charge in [0.1, 0.15) is 11.9 Å². The zero-order chi connectivity index (χ0) is 17.3. The molecule has 1 aromatic heterocycles. The highest BCUT2D eigenvalue weighted by Gasteiger charge is 2.27. The van der Waals surface area contributed by atoms with E-state index in [2.05, 4.69) is 16.4 Å². The van der Waals surface area contributed by atoms with E-state index < -0.39 is 0 Å². The lowest BCUT2D eigenvalue weighted by Crippen LogP contribution is -2.38. The van der Waals surface area contributed by atoms with Crippen molar-refractivity contribution in [1.82, 2.24) is 10.3 Å². The van der Waals surface area contributed by atoms with Crippen LogP contribution in [0.25, 0.3) is 10.8 Å². The minimum atomic E-state index is -0.134. The summed E-state index contributed by atoms with van der Waals surface area (Å²) in [5.41, 5.74) is 1.09. The van der Waals surface area contributed by atoms with E-state index >= 15 is 0 Å². The van der Waals surface area contributed by atoms with Gasteiger partial charge in [0.15, 0.2) is 0 Å². The number of nitrogens with one attached hydrogen (secondary N) is 1. The molecule has 1 amide bonds. The first-order chi connectivity index (χ1) is 11.4. The summed E-state index contributed by atoms with van der Waals surface area (Å²) in [5, 5.41) is 4.94. The summed E-state index contributed by atoms with van der Waals surface area (Å²) < 4.78 is 12.0. The summed E-state index contributed by atoms with van der Waals surface area (Å²) in [7, 11) is 0. The van der Waals surface area contributed by atoms with Crippen molar-refractivity contribution in [2.45, 2.75) is 58.8 Å². The molecule has 2 heterocycles. The number of ether oxygens (including phenoxy) is 2. The van der Waals surface area contributed by atoms with Gasteiger partial charge >= 0.3 is 0 Å². The lowest BCUT2D eigenvalue weighted by Gasteiger charge is -2.21. The van der Waals surface area contributed by atoms with Gasteiger partial charge in [0.2, 0.25) is 11.8 Å². The summed E-state index contributed by atoms with van der Waals surface area (Å²) >= 11 is 0. The molecular formula is C19H24N2O3. The van der Waals surface area contributed by atoms with Crippen LogP contribution in [0.5, 0.6) is 11.6 Å². The Bertz CT molecular complexity index is 758. The molecular weight excluding hydrogens is 304 g/mol. The lowest BCUT2D eigenvalue weighted by molar-refractivity contribution is -0.119. The highest BCUT2D eigenvalue weighted by Crippen LogP contribution is 2.32. The first-order valence-electron chi connectivity index (χ1n) is 8.46. The summed E-state index contributed by atoms with van der Waals surface area (Å²) in [6.07, 6.45) is 3.08. The number of hydrogen-bond donors (Lipinski definition) is 1. The molecule has 24 heavy (non-hydrogen) atoms. The standard InChI is InChI=1S/C19H24N2O3/c1-11(2)23-17-10-15-14(9-12(17)3)7-8-20-19(15)24-13(4)16-5-6-18(22)21-16/h7-11,13,16H,5-6H2,1-4H3,(H,21,22). The fraction of sp³-hybridized carbons (Fsp3) is 0.474. The van der Waals surface area contributed by atoms with Crippen molar-refractivity contribution >= 4 is 16.7 Å². The van der Waals surface area contributed by atoms with Crippen molar-refractivity contribution in [3.05, 3.63) is 30.0 Å². The average Bonchev–Trinajstić information content (AvgIpc) is 2.95. The number of carbonyl (C=O) groups excluding carboxylic acids is 1. The van der Waals surface area contributed by atoms with Gasteiger partial charge in [-0.3, -0.25) is 4.79 Å². The number of rotatable bonds is 5. The first kappa shape index (κ1) is 16.6. The highest BCUT2D eigenvalue weighted by atomic mass is 16.5. The second-order valence-corrected chi connectivity index (χ2v) is 6.66. The Morgan fingerprint density at radius 3 is 2.71 bits per heavy atom. The van der Waals surface area contributed by atoms with Crippen molar-refractivity contribution in [2.24, 2.45) is 0 Å². The molecule has 1 fully saturated rings. The van der Waals surface area contributed by atoms with Gasteiger partial charge in [0, 0.05) is 18.0 Å². The minimum Gasteiger partial charge on any atom is -0.491 e. The molecule has 0 bridgehead atoms. The van der Waals surface area contributed by atoms with Crippen LogP contribution in [-0.2, 0) is 4.79 Å². The largest absolute Gasteiger partial charge is 0.491 e. The Hall–Kier alpha value is -2.30. The van der Waals surface area contributed by atoms with E-state index in [1.54, 1.807) is 6.20 Å². The van der Waals surface area contributed by atoms with Gasteiger partial charge in [-0.2, -0.15) is 0 Å². The van der Waals surface area contributed by atoms with E-state index in [-0.39, 0.29) is 24.2 Å². The maximum Gasteiger partial charge on any atom is 0.221 e. The van der Waals surface area contributed by atoms with Crippen LogP contribution in [-0.4, -0.2) is 29.1 Å². The molecule has 1 aliphatic rings. The van der Waals surface area contributed by atoms with Crippen molar-refractivity contribution in [2.75, 3.05) is 0 Å². The highest BCUT2D eigenvalue weighted by molar-refractivity contribution is 5.89. The maximum absolute atomic E-state index is 11.4. The molecule has 1 aliphatic heterocycles. The SMILES string of the molecule is Cc1cc2ccnc(OC(C)C3CCC(=O)N3)c2cc1OC(C)C. The van der Waals surface area contributed by atoms with Crippen LogP contribution in [0, 0.1) is 6.92 Å². The van der Waals surface area contributed by atoms with Crippen LogP contribution < -0.4 is 14.8 Å². The van der Waals surface area contributed by atoms with Crippen LogP contribution in [0.15, 0.2) is 24.4 Å². The lowest BCUT2D eigenvalue weighted by atomic mass is 10.1. The molecule has 2 unspecified atom stereocenters. The van der Waals surface area contributed by atoms with Gasteiger partial charge in [0.25, 0.3) is 0 Å². The van der Waals surface area contributed by atoms with Gasteiger partial charge in [-0.1, -0.05) is 0 Å². The average molecular weight is 328 g/mol. The van der Waals surface area contributed by atoms with Gasteiger partial charge in [0.05, 0.1) is 12.1 Å². The summed E-state index contributed by atoms with van der Waals surface area (Å²) in [5.74, 6) is 1.51. The molecule has 0 saturated carbocycles. The van der Waals surface area contributed by atoms with Crippen molar-refractivity contribution < 1.29 is 14.3 Å². The summed E-state index contributed by atoms with van der Waals surface area (Å²) in [4.78, 5) is 15.8. The van der Waals surface area contributed by atoms with Gasteiger partial charge in [-0.15, -0.1) is 0 Å². The fourth-order valence-electron chi connectivity index (χ4n) is 3.01. The number of hydrogen-bond acceptors (Lipinski definition) is 4. The predicted octanol–water partition coefficient (Wildman–Crippen LogP) is 3.38. The monoisotopic (exact) mass is 328 g/mol. The number of carbonyl (C=O) groups is 1. The first-order valence-corrected chi connectivity index (χ1v) is 8.46. The number of nitrogens with zero attached hydrogens (tertiary/aromatic N) is 1. The van der Waals surface area contributed by atoms with E-state index in [1.165, 1.54) is 0 Å². The number of pyridine rings is 1. The molecule has 1 aromatic carbocycles. The molecule has 2 aromatic rings. The topological polar surface area (TPSA) is 60.5 Å². The number of aryl methyl sites for hydroxylation is 1. The van der Waals surface area contributed by atoms with Crippen LogP contribution in [0.1, 0.15) is 39.2 Å². The molecule has 5 nitrogen and oxygen atoms in total. The van der Waals surface area contributed by atoms with Crippen LogP contribution in [0.4, 0.5) is 0 Å².